The summed E-state index contributed by atoms with van der Waals surface area (Å²) in [6, 6.07) is 12.5. The standard InChI is InChI=1S/C16H13Cl2N/c17-13-8-7-12-11-3-1-2-4-14(11)19(9-10-5-6-10)16(12)15(13)18/h1-4,7-8,10H,5-6,9H2. The molecule has 0 unspecified atom stereocenters. The molecule has 19 heavy (non-hydrogen) atoms. The monoisotopic (exact) mass is 289 g/mol. The fourth-order valence-electron chi connectivity index (χ4n) is 2.83. The van der Waals surface area contributed by atoms with E-state index < -0.39 is 0 Å². The molecule has 0 bridgehead atoms. The average molecular weight is 290 g/mol. The van der Waals surface area contributed by atoms with E-state index in [0.717, 1.165) is 18.0 Å². The zero-order chi connectivity index (χ0) is 13.0. The van der Waals surface area contributed by atoms with Gasteiger partial charge < -0.3 is 4.57 Å². The highest BCUT2D eigenvalue weighted by atomic mass is 35.5. The van der Waals surface area contributed by atoms with Crippen molar-refractivity contribution in [2.24, 2.45) is 5.92 Å². The molecule has 2 aromatic carbocycles. The molecule has 0 atom stereocenters. The van der Waals surface area contributed by atoms with Gasteiger partial charge in [0.1, 0.15) is 0 Å². The molecule has 4 rings (SSSR count). The number of para-hydroxylation sites is 1. The van der Waals surface area contributed by atoms with Crippen LogP contribution < -0.4 is 0 Å². The molecule has 0 spiro atoms. The van der Waals surface area contributed by atoms with Crippen LogP contribution in [0.25, 0.3) is 21.8 Å². The van der Waals surface area contributed by atoms with E-state index in [4.69, 9.17) is 23.2 Å². The molecule has 1 aliphatic carbocycles. The van der Waals surface area contributed by atoms with Crippen molar-refractivity contribution >= 4 is 45.0 Å². The smallest absolute Gasteiger partial charge is 0.0835 e. The number of fused-ring (bicyclic) bond motifs is 3. The molecular formula is C16H13Cl2N. The lowest BCUT2D eigenvalue weighted by molar-refractivity contribution is 0.664. The first kappa shape index (κ1) is 11.6. The molecule has 0 N–H and O–H groups in total. The first-order valence-corrected chi connectivity index (χ1v) is 7.36. The number of nitrogens with zero attached hydrogens (tertiary/aromatic N) is 1. The summed E-state index contributed by atoms with van der Waals surface area (Å²) in [5.74, 6) is 0.800. The molecule has 0 saturated heterocycles. The summed E-state index contributed by atoms with van der Waals surface area (Å²) in [5.41, 5.74) is 2.34. The first-order chi connectivity index (χ1) is 9.25. The summed E-state index contributed by atoms with van der Waals surface area (Å²) in [4.78, 5) is 0. The van der Waals surface area contributed by atoms with Gasteiger partial charge in [-0.05, 0) is 30.9 Å². The predicted octanol–water partition coefficient (Wildman–Crippen LogP) is 5.51. The number of aromatic nitrogens is 1. The van der Waals surface area contributed by atoms with E-state index in [9.17, 15) is 0 Å². The fourth-order valence-corrected chi connectivity index (χ4v) is 3.25. The highest BCUT2D eigenvalue weighted by molar-refractivity contribution is 6.45. The molecule has 96 valence electrons. The average Bonchev–Trinajstić information content (AvgIpc) is 3.18. The number of halogens is 2. The van der Waals surface area contributed by atoms with Gasteiger partial charge in [0, 0.05) is 22.8 Å². The van der Waals surface area contributed by atoms with Gasteiger partial charge in [0.05, 0.1) is 15.6 Å². The van der Waals surface area contributed by atoms with Gasteiger partial charge >= 0.3 is 0 Å². The Kier molecular flexibility index (Phi) is 2.54. The summed E-state index contributed by atoms with van der Waals surface area (Å²) in [5, 5.41) is 3.77. The number of benzene rings is 2. The summed E-state index contributed by atoms with van der Waals surface area (Å²) >= 11 is 12.6. The fraction of sp³-hybridized carbons (Fsp3) is 0.250. The molecule has 1 nitrogen and oxygen atoms in total. The van der Waals surface area contributed by atoms with Crippen molar-refractivity contribution < 1.29 is 0 Å². The molecule has 1 saturated carbocycles. The minimum absolute atomic E-state index is 0.633. The van der Waals surface area contributed by atoms with Crippen LogP contribution in [0.5, 0.6) is 0 Å². The topological polar surface area (TPSA) is 4.93 Å². The van der Waals surface area contributed by atoms with Gasteiger partial charge in [0.15, 0.2) is 0 Å². The Morgan fingerprint density at radius 1 is 1.00 bits per heavy atom. The predicted molar refractivity (Wildman–Crippen MR) is 82.2 cm³/mol. The van der Waals surface area contributed by atoms with Gasteiger partial charge in [-0.1, -0.05) is 47.5 Å². The van der Waals surface area contributed by atoms with Crippen molar-refractivity contribution in [1.82, 2.24) is 4.57 Å². The number of hydrogen-bond acceptors (Lipinski definition) is 0. The second kappa shape index (κ2) is 4.16. The third-order valence-corrected chi connectivity index (χ3v) is 4.76. The highest BCUT2D eigenvalue weighted by Gasteiger charge is 2.24. The third-order valence-electron chi connectivity index (χ3n) is 3.96. The second-order valence-electron chi connectivity index (χ2n) is 5.33. The Hall–Kier alpha value is -1.18. The summed E-state index contributed by atoms with van der Waals surface area (Å²) in [6.45, 7) is 1.05. The summed E-state index contributed by atoms with van der Waals surface area (Å²) in [6.07, 6.45) is 2.65. The van der Waals surface area contributed by atoms with Crippen molar-refractivity contribution in [2.45, 2.75) is 19.4 Å². The Bertz CT molecular complexity index is 784. The van der Waals surface area contributed by atoms with Crippen LogP contribution in [-0.2, 0) is 6.54 Å². The van der Waals surface area contributed by atoms with Gasteiger partial charge in [0.2, 0.25) is 0 Å². The van der Waals surface area contributed by atoms with Crippen molar-refractivity contribution in [3.8, 4) is 0 Å². The van der Waals surface area contributed by atoms with E-state index in [1.54, 1.807) is 0 Å². The molecule has 1 heterocycles. The maximum absolute atomic E-state index is 6.45. The van der Waals surface area contributed by atoms with Crippen LogP contribution in [0.15, 0.2) is 36.4 Å². The molecule has 3 heteroatoms. The quantitative estimate of drug-likeness (QED) is 0.586. The maximum atomic E-state index is 6.45. The Morgan fingerprint density at radius 2 is 1.79 bits per heavy atom. The maximum Gasteiger partial charge on any atom is 0.0835 e. The minimum Gasteiger partial charge on any atom is -0.339 e. The molecule has 3 aromatic rings. The zero-order valence-electron chi connectivity index (χ0n) is 10.4. The van der Waals surface area contributed by atoms with E-state index in [-0.39, 0.29) is 0 Å². The first-order valence-electron chi connectivity index (χ1n) is 6.60. The normalized spacial score (nSPS) is 15.5. The molecule has 0 aliphatic heterocycles. The molecule has 0 radical (unpaired) electrons. The van der Waals surface area contributed by atoms with Gasteiger partial charge in [-0.25, -0.2) is 0 Å². The molecule has 1 aromatic heterocycles. The van der Waals surface area contributed by atoms with Gasteiger partial charge in [-0.15, -0.1) is 0 Å². The van der Waals surface area contributed by atoms with Crippen LogP contribution in [0.4, 0.5) is 0 Å². The van der Waals surface area contributed by atoms with Crippen LogP contribution in [0.3, 0.4) is 0 Å². The Labute approximate surface area is 121 Å². The van der Waals surface area contributed by atoms with E-state index >= 15 is 0 Å². The molecule has 1 fully saturated rings. The van der Waals surface area contributed by atoms with Crippen molar-refractivity contribution in [3.05, 3.63) is 46.4 Å². The summed E-state index contributed by atoms with van der Waals surface area (Å²) < 4.78 is 2.34. The zero-order valence-corrected chi connectivity index (χ0v) is 11.9. The van der Waals surface area contributed by atoms with E-state index in [1.165, 1.54) is 29.1 Å². The van der Waals surface area contributed by atoms with Crippen LogP contribution in [0.2, 0.25) is 10.0 Å². The Morgan fingerprint density at radius 3 is 2.58 bits per heavy atom. The van der Waals surface area contributed by atoms with Gasteiger partial charge in [0.25, 0.3) is 0 Å². The van der Waals surface area contributed by atoms with E-state index in [1.807, 2.05) is 6.07 Å². The van der Waals surface area contributed by atoms with Gasteiger partial charge in [-0.3, -0.25) is 0 Å². The number of hydrogen-bond donors (Lipinski definition) is 0. The van der Waals surface area contributed by atoms with Crippen LogP contribution in [0, 0.1) is 5.92 Å². The summed E-state index contributed by atoms with van der Waals surface area (Å²) in [7, 11) is 0. The largest absolute Gasteiger partial charge is 0.339 e. The van der Waals surface area contributed by atoms with Crippen molar-refractivity contribution in [2.75, 3.05) is 0 Å². The number of rotatable bonds is 2. The minimum atomic E-state index is 0.633. The highest BCUT2D eigenvalue weighted by Crippen LogP contribution is 2.40. The lowest BCUT2D eigenvalue weighted by Crippen LogP contribution is -1.99. The van der Waals surface area contributed by atoms with Crippen molar-refractivity contribution in [1.29, 1.82) is 0 Å². The van der Waals surface area contributed by atoms with Crippen LogP contribution in [-0.4, -0.2) is 4.57 Å². The molecule has 0 amide bonds. The molecule has 1 aliphatic rings. The van der Waals surface area contributed by atoms with E-state index in [0.29, 0.717) is 10.0 Å². The van der Waals surface area contributed by atoms with Gasteiger partial charge in [-0.2, -0.15) is 0 Å². The third kappa shape index (κ3) is 1.76. The molecular weight excluding hydrogens is 277 g/mol. The van der Waals surface area contributed by atoms with E-state index in [2.05, 4.69) is 34.9 Å². The van der Waals surface area contributed by atoms with Crippen LogP contribution in [0.1, 0.15) is 12.8 Å². The SMILES string of the molecule is Clc1ccc2c3ccccc3n(CC3CC3)c2c1Cl. The Balaban J connectivity index is 2.14. The van der Waals surface area contributed by atoms with Crippen molar-refractivity contribution in [3.63, 3.8) is 0 Å². The lowest BCUT2D eigenvalue weighted by Gasteiger charge is -2.08. The van der Waals surface area contributed by atoms with Crippen LogP contribution >= 0.6 is 23.2 Å². The lowest BCUT2D eigenvalue weighted by atomic mass is 10.1. The second-order valence-corrected chi connectivity index (χ2v) is 6.11.